The topological polar surface area (TPSA) is 79.9 Å². The first-order valence-electron chi connectivity index (χ1n) is 6.61. The predicted molar refractivity (Wildman–Crippen MR) is 85.3 cm³/mol. The molecule has 3 aromatic rings. The molecule has 0 aliphatic rings. The Balaban J connectivity index is 2.07. The number of fused-ring (bicyclic) bond motifs is 1. The van der Waals surface area contributed by atoms with Crippen LogP contribution in [0.4, 0.5) is 5.95 Å². The molecule has 0 aliphatic heterocycles. The number of aromatic amines is 1. The van der Waals surface area contributed by atoms with E-state index in [1.54, 1.807) is 19.2 Å². The number of carbonyl (C=O) groups is 1. The molecule has 0 fully saturated rings. The fraction of sp³-hybridized carbons (Fsp3) is 0.133. The number of hydrogen-bond acceptors (Lipinski definition) is 6. The molecule has 0 spiro atoms. The van der Waals surface area contributed by atoms with Crippen molar-refractivity contribution in [1.29, 1.82) is 0 Å². The molecule has 0 amide bonds. The van der Waals surface area contributed by atoms with Gasteiger partial charge in [0, 0.05) is 18.1 Å². The number of methoxy groups -OCH3 is 1. The molecule has 0 bridgehead atoms. The van der Waals surface area contributed by atoms with Crippen molar-refractivity contribution in [2.45, 2.75) is 9.92 Å². The first-order chi connectivity index (χ1) is 10.7. The summed E-state index contributed by atoms with van der Waals surface area (Å²) in [5.41, 5.74) is 2.17. The van der Waals surface area contributed by atoms with E-state index in [4.69, 9.17) is 4.74 Å². The zero-order valence-electron chi connectivity index (χ0n) is 12.1. The Hall–Kier alpha value is -2.54. The van der Waals surface area contributed by atoms with Gasteiger partial charge in [-0.25, -0.2) is 14.8 Å². The standard InChI is InChI=1S/C15H14N4O2S/c1-16-15-18-10-7-8-17-12(10)13(19-15)22-11-6-4-3-5-9(11)14(20)21-2/h3-8,17H,1-2H3,(H,16,18,19). The van der Waals surface area contributed by atoms with E-state index in [0.717, 1.165) is 21.0 Å². The number of H-pyrrole nitrogens is 1. The lowest BCUT2D eigenvalue weighted by Gasteiger charge is -2.08. The van der Waals surface area contributed by atoms with Crippen molar-refractivity contribution in [1.82, 2.24) is 15.0 Å². The van der Waals surface area contributed by atoms with Crippen LogP contribution in [0.2, 0.25) is 0 Å². The third kappa shape index (κ3) is 2.62. The minimum Gasteiger partial charge on any atom is -0.465 e. The number of carbonyl (C=O) groups excluding carboxylic acids is 1. The predicted octanol–water partition coefficient (Wildman–Crippen LogP) is 2.94. The van der Waals surface area contributed by atoms with Crippen molar-refractivity contribution in [3.8, 4) is 0 Å². The Morgan fingerprint density at radius 2 is 2.09 bits per heavy atom. The average Bonchev–Trinajstić information content (AvgIpc) is 3.03. The van der Waals surface area contributed by atoms with E-state index in [-0.39, 0.29) is 5.97 Å². The van der Waals surface area contributed by atoms with Gasteiger partial charge in [0.2, 0.25) is 5.95 Å². The van der Waals surface area contributed by atoms with E-state index >= 15 is 0 Å². The fourth-order valence-corrected chi connectivity index (χ4v) is 3.05. The van der Waals surface area contributed by atoms with Crippen LogP contribution in [0.3, 0.4) is 0 Å². The first kappa shape index (κ1) is 14.4. The van der Waals surface area contributed by atoms with Gasteiger partial charge in [0.25, 0.3) is 0 Å². The summed E-state index contributed by atoms with van der Waals surface area (Å²) in [6.45, 7) is 0. The van der Waals surface area contributed by atoms with Crippen LogP contribution >= 0.6 is 11.8 Å². The van der Waals surface area contributed by atoms with E-state index in [1.807, 2.05) is 24.4 Å². The van der Waals surface area contributed by atoms with Crippen LogP contribution in [0, 0.1) is 0 Å². The highest BCUT2D eigenvalue weighted by Gasteiger charge is 2.15. The number of aromatic nitrogens is 3. The van der Waals surface area contributed by atoms with Crippen LogP contribution in [-0.4, -0.2) is 35.1 Å². The minimum absolute atomic E-state index is 0.367. The summed E-state index contributed by atoms with van der Waals surface area (Å²) in [6, 6.07) is 9.17. The molecular formula is C15H14N4O2S. The third-order valence-corrected chi connectivity index (χ3v) is 4.16. The molecule has 0 saturated heterocycles. The maximum absolute atomic E-state index is 11.9. The molecular weight excluding hydrogens is 300 g/mol. The van der Waals surface area contributed by atoms with Crippen LogP contribution in [0.25, 0.3) is 11.0 Å². The largest absolute Gasteiger partial charge is 0.465 e. The number of nitrogens with one attached hydrogen (secondary N) is 2. The molecule has 6 nitrogen and oxygen atoms in total. The maximum atomic E-state index is 11.9. The number of benzene rings is 1. The zero-order valence-corrected chi connectivity index (χ0v) is 12.9. The number of ether oxygens (including phenoxy) is 1. The van der Waals surface area contributed by atoms with Gasteiger partial charge in [-0.3, -0.25) is 0 Å². The van der Waals surface area contributed by atoms with Gasteiger partial charge in [0.05, 0.1) is 23.7 Å². The Morgan fingerprint density at radius 1 is 1.27 bits per heavy atom. The Bertz CT molecular complexity index is 831. The van der Waals surface area contributed by atoms with Gasteiger partial charge in [-0.1, -0.05) is 23.9 Å². The number of esters is 1. The van der Waals surface area contributed by atoms with Crippen molar-refractivity contribution >= 4 is 34.7 Å². The van der Waals surface area contributed by atoms with Gasteiger partial charge in [-0.05, 0) is 18.2 Å². The summed E-state index contributed by atoms with van der Waals surface area (Å²) in [5, 5.41) is 3.69. The van der Waals surface area contributed by atoms with Crippen molar-refractivity contribution < 1.29 is 9.53 Å². The summed E-state index contributed by atoms with van der Waals surface area (Å²) < 4.78 is 4.83. The van der Waals surface area contributed by atoms with Gasteiger partial charge in [-0.2, -0.15) is 0 Å². The van der Waals surface area contributed by atoms with Crippen LogP contribution in [0.1, 0.15) is 10.4 Å². The highest BCUT2D eigenvalue weighted by atomic mass is 32.2. The normalized spacial score (nSPS) is 10.6. The fourth-order valence-electron chi connectivity index (χ4n) is 2.04. The molecule has 2 aromatic heterocycles. The van der Waals surface area contributed by atoms with Crippen molar-refractivity contribution in [3.05, 3.63) is 42.1 Å². The van der Waals surface area contributed by atoms with E-state index in [2.05, 4.69) is 20.3 Å². The highest BCUT2D eigenvalue weighted by molar-refractivity contribution is 7.99. The highest BCUT2D eigenvalue weighted by Crippen LogP contribution is 2.33. The third-order valence-electron chi connectivity index (χ3n) is 3.10. The maximum Gasteiger partial charge on any atom is 0.339 e. The quantitative estimate of drug-likeness (QED) is 0.569. The minimum atomic E-state index is -0.367. The lowest BCUT2D eigenvalue weighted by molar-refractivity contribution is 0.0597. The molecule has 0 saturated carbocycles. The molecule has 3 rings (SSSR count). The Kier molecular flexibility index (Phi) is 3.97. The summed E-state index contributed by atoms with van der Waals surface area (Å²) in [7, 11) is 3.14. The lowest BCUT2D eigenvalue weighted by Crippen LogP contribution is -2.03. The van der Waals surface area contributed by atoms with Crippen molar-refractivity contribution in [3.63, 3.8) is 0 Å². The van der Waals surface area contributed by atoms with E-state index in [1.165, 1.54) is 18.9 Å². The molecule has 1 aromatic carbocycles. The molecule has 0 unspecified atom stereocenters. The average molecular weight is 314 g/mol. The van der Waals surface area contributed by atoms with Crippen LogP contribution in [0.15, 0.2) is 46.5 Å². The van der Waals surface area contributed by atoms with Crippen molar-refractivity contribution in [2.24, 2.45) is 0 Å². The van der Waals surface area contributed by atoms with Gasteiger partial charge < -0.3 is 15.0 Å². The summed E-state index contributed by atoms with van der Waals surface area (Å²) in [6.07, 6.45) is 1.81. The summed E-state index contributed by atoms with van der Waals surface area (Å²) in [4.78, 5) is 24.6. The monoisotopic (exact) mass is 314 g/mol. The number of hydrogen-bond donors (Lipinski definition) is 2. The van der Waals surface area contributed by atoms with Gasteiger partial charge in [0.1, 0.15) is 5.03 Å². The number of nitrogens with zero attached hydrogens (tertiary/aromatic N) is 2. The molecule has 7 heteroatoms. The van der Waals surface area contributed by atoms with Crippen LogP contribution in [0.5, 0.6) is 0 Å². The van der Waals surface area contributed by atoms with Crippen LogP contribution in [-0.2, 0) is 4.74 Å². The Morgan fingerprint density at radius 3 is 2.86 bits per heavy atom. The molecule has 112 valence electrons. The second-order valence-electron chi connectivity index (χ2n) is 4.43. The summed E-state index contributed by atoms with van der Waals surface area (Å²) in [5.74, 6) is 0.166. The van der Waals surface area contributed by atoms with Crippen molar-refractivity contribution in [2.75, 3.05) is 19.5 Å². The zero-order chi connectivity index (χ0) is 15.5. The van der Waals surface area contributed by atoms with E-state index in [9.17, 15) is 4.79 Å². The summed E-state index contributed by atoms with van der Waals surface area (Å²) >= 11 is 1.40. The first-order valence-corrected chi connectivity index (χ1v) is 7.42. The number of anilines is 1. The second kappa shape index (κ2) is 6.07. The second-order valence-corrected chi connectivity index (χ2v) is 5.46. The molecule has 0 radical (unpaired) electrons. The molecule has 0 aliphatic carbocycles. The molecule has 2 N–H and O–H groups in total. The smallest absolute Gasteiger partial charge is 0.339 e. The van der Waals surface area contributed by atoms with Gasteiger partial charge in [0.15, 0.2) is 0 Å². The number of rotatable bonds is 4. The van der Waals surface area contributed by atoms with Gasteiger partial charge >= 0.3 is 5.97 Å². The molecule has 0 atom stereocenters. The van der Waals surface area contributed by atoms with E-state index < -0.39 is 0 Å². The lowest BCUT2D eigenvalue weighted by atomic mass is 10.2. The Labute approximate surface area is 131 Å². The van der Waals surface area contributed by atoms with Gasteiger partial charge in [-0.15, -0.1) is 0 Å². The SMILES string of the molecule is CNc1nc(Sc2ccccc2C(=O)OC)c2[nH]ccc2n1. The molecule has 22 heavy (non-hydrogen) atoms. The molecule has 2 heterocycles. The van der Waals surface area contributed by atoms with Crippen LogP contribution < -0.4 is 5.32 Å². The van der Waals surface area contributed by atoms with E-state index in [0.29, 0.717) is 11.5 Å².